The van der Waals surface area contributed by atoms with Crippen molar-refractivity contribution in [2.75, 3.05) is 4.90 Å². The second-order valence-corrected chi connectivity index (χ2v) is 6.90. The molecule has 0 aromatic carbocycles. The molecular formula is C15H20F2N2O5. The molecule has 0 unspecified atom stereocenters. The van der Waals surface area contributed by atoms with Gasteiger partial charge in [0.2, 0.25) is 0 Å². The van der Waals surface area contributed by atoms with Gasteiger partial charge in [0, 0.05) is 6.07 Å². The maximum atomic E-state index is 14.0. The number of amides is 2. The maximum absolute atomic E-state index is 14.0. The number of halogens is 2. The number of nitrogens with zero attached hydrogens (tertiary/aromatic N) is 2. The number of ether oxygens (including phenoxy) is 2. The Morgan fingerprint density at radius 3 is 1.83 bits per heavy atom. The lowest BCUT2D eigenvalue weighted by atomic mass is 10.2. The second-order valence-electron chi connectivity index (χ2n) is 6.90. The quantitative estimate of drug-likeness (QED) is 0.779. The predicted octanol–water partition coefficient (Wildman–Crippen LogP) is 3.74. The number of hydrogen-bond acceptors (Lipinski definition) is 6. The molecule has 7 nitrogen and oxygen atoms in total. The molecule has 1 N–H and O–H groups in total. The Balaban J connectivity index is 3.36. The van der Waals surface area contributed by atoms with Gasteiger partial charge in [-0.25, -0.2) is 14.0 Å². The molecule has 9 heteroatoms. The van der Waals surface area contributed by atoms with Crippen LogP contribution in [0, 0.1) is 11.8 Å². The molecule has 0 spiro atoms. The van der Waals surface area contributed by atoms with E-state index < -0.39 is 46.7 Å². The van der Waals surface area contributed by atoms with Crippen molar-refractivity contribution in [2.45, 2.75) is 52.7 Å². The number of carbonyl (C=O) groups is 2. The van der Waals surface area contributed by atoms with Crippen LogP contribution in [0.2, 0.25) is 0 Å². The molecule has 1 heterocycles. The lowest BCUT2D eigenvalue weighted by molar-refractivity contribution is 0.0426. The highest BCUT2D eigenvalue weighted by Crippen LogP contribution is 2.26. The van der Waals surface area contributed by atoms with E-state index in [9.17, 15) is 18.4 Å². The standard InChI is InChI=1S/C15H20F2N2O5/c1-14(2,3)23-12(21)19(13(22)24-15(4,5)6)11-8(16)7-9(20)10(17)18-11/h7,20H,1-6H3. The molecule has 0 aliphatic heterocycles. The number of anilines is 1. The predicted molar refractivity (Wildman–Crippen MR) is 80.8 cm³/mol. The summed E-state index contributed by atoms with van der Waals surface area (Å²) in [5.74, 6) is -4.80. The SMILES string of the molecule is CC(C)(C)OC(=O)N(C(=O)OC(C)(C)C)c1nc(F)c(O)cc1F. The van der Waals surface area contributed by atoms with E-state index in [0.29, 0.717) is 6.07 Å². The number of carbonyl (C=O) groups excluding carboxylic acids is 2. The lowest BCUT2D eigenvalue weighted by Crippen LogP contribution is -2.44. The minimum Gasteiger partial charge on any atom is -0.504 e. The summed E-state index contributed by atoms with van der Waals surface area (Å²) in [5.41, 5.74) is -2.02. The summed E-state index contributed by atoms with van der Waals surface area (Å²) in [6.07, 6.45) is -2.60. The fraction of sp³-hybridized carbons (Fsp3) is 0.533. The monoisotopic (exact) mass is 346 g/mol. The highest BCUT2D eigenvalue weighted by atomic mass is 19.1. The molecule has 2 amide bonds. The van der Waals surface area contributed by atoms with E-state index in [1.807, 2.05) is 0 Å². The molecule has 0 radical (unpaired) electrons. The Bertz CT molecular complexity index is 622. The van der Waals surface area contributed by atoms with E-state index in [4.69, 9.17) is 14.6 Å². The first kappa shape index (κ1) is 19.6. The van der Waals surface area contributed by atoms with Gasteiger partial charge in [0.05, 0.1) is 0 Å². The van der Waals surface area contributed by atoms with Gasteiger partial charge in [-0.3, -0.25) is 0 Å². The Morgan fingerprint density at radius 2 is 1.46 bits per heavy atom. The molecule has 0 bridgehead atoms. The maximum Gasteiger partial charge on any atom is 0.425 e. The summed E-state index contributed by atoms with van der Waals surface area (Å²) >= 11 is 0. The van der Waals surface area contributed by atoms with Gasteiger partial charge in [-0.15, -0.1) is 0 Å². The van der Waals surface area contributed by atoms with Crippen molar-refractivity contribution in [3.05, 3.63) is 17.8 Å². The van der Waals surface area contributed by atoms with Gasteiger partial charge in [-0.1, -0.05) is 0 Å². The average Bonchev–Trinajstić information content (AvgIpc) is 2.31. The van der Waals surface area contributed by atoms with Crippen LogP contribution >= 0.6 is 0 Å². The van der Waals surface area contributed by atoms with Gasteiger partial charge >= 0.3 is 12.2 Å². The molecule has 0 aliphatic carbocycles. The van der Waals surface area contributed by atoms with E-state index >= 15 is 0 Å². The molecular weight excluding hydrogens is 326 g/mol. The van der Waals surface area contributed by atoms with Crippen molar-refractivity contribution in [1.29, 1.82) is 0 Å². The van der Waals surface area contributed by atoms with E-state index in [1.165, 1.54) is 41.5 Å². The van der Waals surface area contributed by atoms with Crippen molar-refractivity contribution in [3.63, 3.8) is 0 Å². The summed E-state index contributed by atoms with van der Waals surface area (Å²) in [7, 11) is 0. The van der Waals surface area contributed by atoms with Gasteiger partial charge < -0.3 is 14.6 Å². The number of imide groups is 1. The van der Waals surface area contributed by atoms with Gasteiger partial charge in [0.15, 0.2) is 17.4 Å². The van der Waals surface area contributed by atoms with Crippen LogP contribution in [0.25, 0.3) is 0 Å². The van der Waals surface area contributed by atoms with Gasteiger partial charge in [0.1, 0.15) is 11.2 Å². The van der Waals surface area contributed by atoms with Crippen LogP contribution < -0.4 is 4.90 Å². The third kappa shape index (κ3) is 5.32. The Morgan fingerprint density at radius 1 is 1.04 bits per heavy atom. The van der Waals surface area contributed by atoms with E-state index in [2.05, 4.69) is 4.98 Å². The summed E-state index contributed by atoms with van der Waals surface area (Å²) in [4.78, 5) is 27.7. The first-order valence-electron chi connectivity index (χ1n) is 7.02. The molecule has 0 saturated heterocycles. The smallest absolute Gasteiger partial charge is 0.425 e. The van der Waals surface area contributed by atoms with Crippen molar-refractivity contribution in [3.8, 4) is 5.75 Å². The molecule has 24 heavy (non-hydrogen) atoms. The van der Waals surface area contributed by atoms with E-state index in [-0.39, 0.29) is 4.90 Å². The fourth-order valence-electron chi connectivity index (χ4n) is 1.47. The molecule has 1 rings (SSSR count). The normalized spacial score (nSPS) is 11.8. The Hall–Kier alpha value is -2.45. The average molecular weight is 346 g/mol. The van der Waals surface area contributed by atoms with E-state index in [0.717, 1.165) is 0 Å². The minimum absolute atomic E-state index is 0.133. The fourth-order valence-corrected chi connectivity index (χ4v) is 1.47. The summed E-state index contributed by atoms with van der Waals surface area (Å²) in [5, 5.41) is 9.13. The van der Waals surface area contributed by atoms with Gasteiger partial charge in [0.25, 0.3) is 5.95 Å². The van der Waals surface area contributed by atoms with Crippen molar-refractivity contribution in [2.24, 2.45) is 0 Å². The minimum atomic E-state index is -1.46. The summed E-state index contributed by atoms with van der Waals surface area (Å²) < 4.78 is 37.5. The third-order valence-corrected chi connectivity index (χ3v) is 2.26. The summed E-state index contributed by atoms with van der Waals surface area (Å²) in [6.45, 7) is 9.16. The van der Waals surface area contributed by atoms with Gasteiger partial charge in [-0.2, -0.15) is 14.3 Å². The highest BCUT2D eigenvalue weighted by Gasteiger charge is 2.36. The summed E-state index contributed by atoms with van der Waals surface area (Å²) in [6, 6.07) is 0.388. The Kier molecular flexibility index (Phi) is 5.37. The van der Waals surface area contributed by atoms with Crippen LogP contribution in [0.1, 0.15) is 41.5 Å². The molecule has 0 atom stereocenters. The number of pyridine rings is 1. The molecule has 0 aliphatic rings. The van der Waals surface area contributed by atoms with Gasteiger partial charge in [-0.05, 0) is 41.5 Å². The number of hydrogen-bond donors (Lipinski definition) is 1. The Labute approximate surface area is 138 Å². The highest BCUT2D eigenvalue weighted by molar-refractivity contribution is 6.08. The molecule has 0 fully saturated rings. The zero-order valence-electron chi connectivity index (χ0n) is 14.3. The third-order valence-electron chi connectivity index (χ3n) is 2.26. The first-order valence-corrected chi connectivity index (χ1v) is 7.02. The van der Waals surface area contributed by atoms with Crippen LogP contribution in [0.5, 0.6) is 5.75 Å². The van der Waals surface area contributed by atoms with Crippen LogP contribution in [-0.2, 0) is 9.47 Å². The van der Waals surface area contributed by atoms with Crippen LogP contribution in [0.3, 0.4) is 0 Å². The first-order chi connectivity index (χ1) is 10.7. The zero-order chi connectivity index (χ0) is 18.9. The van der Waals surface area contributed by atoms with E-state index in [1.54, 1.807) is 0 Å². The lowest BCUT2D eigenvalue weighted by Gasteiger charge is -2.28. The zero-order valence-corrected chi connectivity index (χ0v) is 14.3. The second kappa shape index (κ2) is 6.58. The van der Waals surface area contributed by atoms with Crippen LogP contribution in [0.15, 0.2) is 6.07 Å². The number of rotatable bonds is 1. The van der Waals surface area contributed by atoms with Crippen molar-refractivity contribution < 1.29 is 33.0 Å². The molecule has 1 aromatic heterocycles. The molecule has 134 valence electrons. The number of aromatic hydroxyl groups is 1. The topological polar surface area (TPSA) is 89.0 Å². The van der Waals surface area contributed by atoms with Crippen molar-refractivity contribution >= 4 is 18.0 Å². The molecule has 1 aromatic rings. The van der Waals surface area contributed by atoms with Crippen molar-refractivity contribution in [1.82, 2.24) is 4.98 Å². The largest absolute Gasteiger partial charge is 0.504 e. The number of aromatic nitrogens is 1. The van der Waals surface area contributed by atoms with Crippen LogP contribution in [-0.4, -0.2) is 33.5 Å². The van der Waals surface area contributed by atoms with Crippen LogP contribution in [0.4, 0.5) is 24.2 Å². The molecule has 0 saturated carbocycles.